The van der Waals surface area contributed by atoms with Crippen LogP contribution >= 0.6 is 23.4 Å². The Morgan fingerprint density at radius 3 is 2.61 bits per heavy atom. The first-order valence-electron chi connectivity index (χ1n) is 9.51. The fourth-order valence-corrected chi connectivity index (χ4v) is 3.88. The van der Waals surface area contributed by atoms with E-state index in [4.69, 9.17) is 11.6 Å². The summed E-state index contributed by atoms with van der Waals surface area (Å²) in [4.78, 5) is 18.4. The number of rotatable bonds is 5. The lowest BCUT2D eigenvalue weighted by Gasteiger charge is -2.13. The lowest BCUT2D eigenvalue weighted by molar-refractivity contribution is 0.102. The fraction of sp³-hybridized carbons (Fsp3) is 0.0400. The van der Waals surface area contributed by atoms with Gasteiger partial charge in [0.05, 0.1) is 5.69 Å². The molecule has 0 aliphatic heterocycles. The molecule has 0 atom stereocenters. The Morgan fingerprint density at radius 2 is 1.84 bits per heavy atom. The van der Waals surface area contributed by atoms with Crippen LogP contribution in [-0.4, -0.2) is 17.1 Å². The molecule has 0 aliphatic carbocycles. The highest BCUT2D eigenvalue weighted by Crippen LogP contribution is 2.33. The van der Waals surface area contributed by atoms with Crippen LogP contribution in [0, 0.1) is 5.82 Å². The molecule has 1 heterocycles. The van der Waals surface area contributed by atoms with E-state index in [0.717, 1.165) is 16.2 Å². The molecule has 6 heteroatoms. The van der Waals surface area contributed by atoms with Crippen molar-refractivity contribution in [1.29, 1.82) is 0 Å². The molecule has 1 N–H and O–H groups in total. The van der Waals surface area contributed by atoms with E-state index in [1.165, 1.54) is 30.0 Å². The van der Waals surface area contributed by atoms with E-state index in [1.54, 1.807) is 24.4 Å². The molecule has 0 saturated carbocycles. The molecule has 3 nitrogen and oxygen atoms in total. The predicted octanol–water partition coefficient (Wildman–Crippen LogP) is 7.18. The summed E-state index contributed by atoms with van der Waals surface area (Å²) in [5.41, 5.74) is 3.46. The number of hydrogen-bond donors (Lipinski definition) is 1. The maximum Gasteiger partial charge on any atom is 0.256 e. The van der Waals surface area contributed by atoms with Gasteiger partial charge in [-0.05, 0) is 72.5 Å². The Kier molecular flexibility index (Phi) is 6.35. The third kappa shape index (κ3) is 4.79. The first-order valence-corrected chi connectivity index (χ1v) is 11.1. The van der Waals surface area contributed by atoms with Gasteiger partial charge in [0.1, 0.15) is 5.82 Å². The molecular formula is C25H18ClFN2OS. The molecule has 0 fully saturated rings. The smallest absolute Gasteiger partial charge is 0.256 e. The first kappa shape index (κ1) is 21.1. The number of anilines is 1. The SMILES string of the molecule is CSc1ccc(C(=O)Nc2cccc(-c3ccccn3)c2)c(-c2cc(Cl)ccc2F)c1. The maximum absolute atomic E-state index is 14.6. The van der Waals surface area contributed by atoms with E-state index >= 15 is 0 Å². The monoisotopic (exact) mass is 448 g/mol. The van der Waals surface area contributed by atoms with Gasteiger partial charge in [-0.2, -0.15) is 0 Å². The zero-order valence-corrected chi connectivity index (χ0v) is 18.2. The van der Waals surface area contributed by atoms with Crippen molar-refractivity contribution in [2.24, 2.45) is 0 Å². The number of carbonyl (C=O) groups excluding carboxylic acids is 1. The Balaban J connectivity index is 1.70. The molecule has 0 spiro atoms. The third-order valence-electron chi connectivity index (χ3n) is 4.77. The Hall–Kier alpha value is -3.15. The standard InChI is InChI=1S/C25H18ClFN2OS/c1-31-19-9-10-20(21(15-19)22-14-17(26)8-11-23(22)27)25(30)29-18-6-4-5-16(13-18)24-7-2-3-12-28-24/h2-15H,1H3,(H,29,30). The number of amides is 1. The second-order valence-corrected chi connectivity index (χ2v) is 8.10. The molecular weight excluding hydrogens is 431 g/mol. The molecule has 1 amide bonds. The van der Waals surface area contributed by atoms with E-state index < -0.39 is 5.82 Å². The van der Waals surface area contributed by atoms with Crippen molar-refractivity contribution in [2.45, 2.75) is 4.90 Å². The van der Waals surface area contributed by atoms with E-state index in [-0.39, 0.29) is 11.5 Å². The number of pyridine rings is 1. The van der Waals surface area contributed by atoms with E-state index in [9.17, 15) is 9.18 Å². The Labute approximate surface area is 189 Å². The number of nitrogens with one attached hydrogen (secondary N) is 1. The number of aromatic nitrogens is 1. The summed E-state index contributed by atoms with van der Waals surface area (Å²) in [7, 11) is 0. The van der Waals surface area contributed by atoms with Crippen molar-refractivity contribution in [2.75, 3.05) is 11.6 Å². The van der Waals surface area contributed by atoms with E-state index in [1.807, 2.05) is 48.7 Å². The summed E-state index contributed by atoms with van der Waals surface area (Å²) in [5, 5.41) is 3.32. The van der Waals surface area contributed by atoms with Gasteiger partial charge in [0.15, 0.2) is 0 Å². The van der Waals surface area contributed by atoms with Gasteiger partial charge < -0.3 is 5.32 Å². The van der Waals surface area contributed by atoms with Crippen molar-refractivity contribution < 1.29 is 9.18 Å². The van der Waals surface area contributed by atoms with Gasteiger partial charge in [-0.25, -0.2) is 4.39 Å². The number of benzene rings is 3. The van der Waals surface area contributed by atoms with Crippen LogP contribution in [0.2, 0.25) is 5.02 Å². The number of nitrogens with zero attached hydrogens (tertiary/aromatic N) is 1. The topological polar surface area (TPSA) is 42.0 Å². The summed E-state index contributed by atoms with van der Waals surface area (Å²) in [6, 6.07) is 22.8. The van der Waals surface area contributed by atoms with Crippen molar-refractivity contribution in [3.05, 3.63) is 101 Å². The van der Waals surface area contributed by atoms with Crippen LogP contribution in [0.3, 0.4) is 0 Å². The predicted molar refractivity (Wildman–Crippen MR) is 126 cm³/mol. The Bertz CT molecular complexity index is 1250. The lowest BCUT2D eigenvalue weighted by Crippen LogP contribution is -2.13. The van der Waals surface area contributed by atoms with Gasteiger partial charge in [-0.15, -0.1) is 11.8 Å². The molecule has 31 heavy (non-hydrogen) atoms. The summed E-state index contributed by atoms with van der Waals surface area (Å²) >= 11 is 7.62. The number of thioether (sulfide) groups is 1. The summed E-state index contributed by atoms with van der Waals surface area (Å²) in [6.45, 7) is 0. The van der Waals surface area contributed by atoms with Crippen LogP contribution in [-0.2, 0) is 0 Å². The molecule has 0 unspecified atom stereocenters. The van der Waals surface area contributed by atoms with E-state index in [0.29, 0.717) is 21.8 Å². The lowest BCUT2D eigenvalue weighted by atomic mass is 9.98. The summed E-state index contributed by atoms with van der Waals surface area (Å²) in [6.07, 6.45) is 3.65. The zero-order chi connectivity index (χ0) is 21.8. The molecule has 1 aromatic heterocycles. The van der Waals surface area contributed by atoms with Crippen molar-refractivity contribution >= 4 is 35.0 Å². The largest absolute Gasteiger partial charge is 0.322 e. The third-order valence-corrected chi connectivity index (χ3v) is 5.73. The quantitative estimate of drug-likeness (QED) is 0.329. The number of hydrogen-bond acceptors (Lipinski definition) is 3. The molecule has 0 radical (unpaired) electrons. The van der Waals surface area contributed by atoms with E-state index in [2.05, 4.69) is 10.3 Å². The first-order chi connectivity index (χ1) is 15.0. The van der Waals surface area contributed by atoms with Gasteiger partial charge >= 0.3 is 0 Å². The van der Waals surface area contributed by atoms with Crippen molar-refractivity contribution in [3.63, 3.8) is 0 Å². The van der Waals surface area contributed by atoms with Gasteiger partial charge in [0.2, 0.25) is 0 Å². The number of halogens is 2. The summed E-state index contributed by atoms with van der Waals surface area (Å²) in [5.74, 6) is -0.769. The van der Waals surface area contributed by atoms with Crippen LogP contribution in [0.1, 0.15) is 10.4 Å². The minimum absolute atomic E-state index is 0.288. The highest BCUT2D eigenvalue weighted by atomic mass is 35.5. The minimum atomic E-state index is -0.436. The maximum atomic E-state index is 14.6. The molecule has 0 bridgehead atoms. The highest BCUT2D eigenvalue weighted by Gasteiger charge is 2.17. The fourth-order valence-electron chi connectivity index (χ4n) is 3.26. The molecule has 154 valence electrons. The Morgan fingerprint density at radius 1 is 0.968 bits per heavy atom. The van der Waals surface area contributed by atoms with Gasteiger partial charge in [0, 0.05) is 38.5 Å². The molecule has 3 aromatic carbocycles. The minimum Gasteiger partial charge on any atom is -0.322 e. The zero-order valence-electron chi connectivity index (χ0n) is 16.6. The van der Waals surface area contributed by atoms with Crippen molar-refractivity contribution in [3.8, 4) is 22.4 Å². The molecule has 4 aromatic rings. The van der Waals surface area contributed by atoms with Crippen molar-refractivity contribution in [1.82, 2.24) is 4.98 Å². The average Bonchev–Trinajstić information content (AvgIpc) is 2.81. The van der Waals surface area contributed by atoms with Gasteiger partial charge in [0.25, 0.3) is 5.91 Å². The molecule has 0 aliphatic rings. The summed E-state index contributed by atoms with van der Waals surface area (Å²) < 4.78 is 14.6. The van der Waals surface area contributed by atoms with Crippen LogP contribution < -0.4 is 5.32 Å². The van der Waals surface area contributed by atoms with Gasteiger partial charge in [-0.3, -0.25) is 9.78 Å². The number of carbonyl (C=O) groups is 1. The average molecular weight is 449 g/mol. The molecule has 0 saturated heterocycles. The molecule has 4 rings (SSSR count). The second-order valence-electron chi connectivity index (χ2n) is 6.79. The van der Waals surface area contributed by atoms with Crippen LogP contribution in [0.4, 0.5) is 10.1 Å². The second kappa shape index (κ2) is 9.33. The van der Waals surface area contributed by atoms with Crippen LogP contribution in [0.25, 0.3) is 22.4 Å². The van der Waals surface area contributed by atoms with Crippen LogP contribution in [0.5, 0.6) is 0 Å². The highest BCUT2D eigenvalue weighted by molar-refractivity contribution is 7.98. The normalized spacial score (nSPS) is 10.7. The van der Waals surface area contributed by atoms with Gasteiger partial charge in [-0.1, -0.05) is 29.8 Å². The van der Waals surface area contributed by atoms with Crippen LogP contribution in [0.15, 0.2) is 90.0 Å².